The number of aromatic nitrogens is 2. The van der Waals surface area contributed by atoms with Crippen molar-refractivity contribution < 1.29 is 9.32 Å². The van der Waals surface area contributed by atoms with E-state index < -0.39 is 0 Å². The highest BCUT2D eigenvalue weighted by Crippen LogP contribution is 2.32. The number of thiophene rings is 1. The fourth-order valence-electron chi connectivity index (χ4n) is 2.28. The van der Waals surface area contributed by atoms with E-state index >= 15 is 0 Å². The predicted molar refractivity (Wildman–Crippen MR) is 95.4 cm³/mol. The highest BCUT2D eigenvalue weighted by atomic mass is 32.1. The first-order valence-corrected chi connectivity index (χ1v) is 8.52. The van der Waals surface area contributed by atoms with E-state index in [1.54, 1.807) is 6.92 Å². The van der Waals surface area contributed by atoms with Gasteiger partial charge in [-0.15, -0.1) is 11.3 Å². The smallest absolute Gasteiger partial charge is 0.270 e. The number of benzene rings is 1. The van der Waals surface area contributed by atoms with E-state index in [0.717, 1.165) is 4.88 Å². The maximum atomic E-state index is 12.5. The third kappa shape index (κ3) is 3.38. The lowest BCUT2D eigenvalue weighted by atomic mass is 9.87. The zero-order valence-corrected chi connectivity index (χ0v) is 14.9. The summed E-state index contributed by atoms with van der Waals surface area (Å²) < 4.78 is 5.19. The quantitative estimate of drug-likeness (QED) is 0.752. The second kappa shape index (κ2) is 6.20. The number of nitrogens with one attached hydrogen (secondary N) is 1. The summed E-state index contributed by atoms with van der Waals surface area (Å²) in [6.45, 7) is 8.19. The molecule has 3 aromatic rings. The van der Waals surface area contributed by atoms with Crippen molar-refractivity contribution in [2.24, 2.45) is 0 Å². The first kappa shape index (κ1) is 16.4. The number of carbonyl (C=O) groups is 1. The van der Waals surface area contributed by atoms with Crippen molar-refractivity contribution in [1.29, 1.82) is 0 Å². The average Bonchev–Trinajstić information content (AvgIpc) is 3.15. The van der Waals surface area contributed by atoms with Gasteiger partial charge in [0.15, 0.2) is 5.82 Å². The summed E-state index contributed by atoms with van der Waals surface area (Å²) in [6.07, 6.45) is 0. The van der Waals surface area contributed by atoms with Gasteiger partial charge in [0.05, 0.1) is 5.69 Å². The topological polar surface area (TPSA) is 68.0 Å². The second-order valence-electron chi connectivity index (χ2n) is 6.59. The number of hydrogen-bond acceptors (Lipinski definition) is 5. The zero-order chi connectivity index (χ0) is 17.3. The molecule has 0 radical (unpaired) electrons. The molecular weight excluding hydrogens is 322 g/mol. The van der Waals surface area contributed by atoms with Crippen LogP contribution in [0.3, 0.4) is 0 Å². The summed E-state index contributed by atoms with van der Waals surface area (Å²) >= 11 is 1.45. The van der Waals surface area contributed by atoms with Crippen LogP contribution in [0, 0.1) is 6.92 Å². The molecule has 1 aromatic carbocycles. The monoisotopic (exact) mass is 341 g/mol. The van der Waals surface area contributed by atoms with Crippen LogP contribution in [-0.4, -0.2) is 16.0 Å². The van der Waals surface area contributed by atoms with Gasteiger partial charge < -0.3 is 9.84 Å². The molecule has 0 saturated carbocycles. The second-order valence-corrected chi connectivity index (χ2v) is 7.51. The Kier molecular flexibility index (Phi) is 4.24. The first-order valence-electron chi connectivity index (χ1n) is 7.64. The molecule has 3 rings (SSSR count). The summed E-state index contributed by atoms with van der Waals surface area (Å²) in [6, 6.07) is 9.51. The maximum absolute atomic E-state index is 12.5. The molecule has 0 saturated heterocycles. The van der Waals surface area contributed by atoms with Crippen molar-refractivity contribution in [2.75, 3.05) is 5.32 Å². The fourth-order valence-corrected chi connectivity index (χ4v) is 3.05. The lowest BCUT2D eigenvalue weighted by molar-refractivity contribution is 0.102. The molecule has 0 aliphatic rings. The highest BCUT2D eigenvalue weighted by molar-refractivity contribution is 7.14. The Hall–Kier alpha value is -2.47. The van der Waals surface area contributed by atoms with Gasteiger partial charge in [-0.3, -0.25) is 4.79 Å². The van der Waals surface area contributed by atoms with Gasteiger partial charge in [-0.05, 0) is 41.5 Å². The van der Waals surface area contributed by atoms with E-state index in [1.807, 2.05) is 35.7 Å². The molecule has 24 heavy (non-hydrogen) atoms. The third-order valence-corrected chi connectivity index (χ3v) is 4.55. The fraction of sp³-hybridized carbons (Fsp3) is 0.278. The molecule has 2 heterocycles. The van der Waals surface area contributed by atoms with E-state index in [1.165, 1.54) is 16.9 Å². The van der Waals surface area contributed by atoms with Gasteiger partial charge in [-0.2, -0.15) is 4.98 Å². The number of rotatable bonds is 3. The largest absolute Gasteiger partial charge is 0.333 e. The van der Waals surface area contributed by atoms with Crippen molar-refractivity contribution in [3.8, 4) is 10.8 Å². The van der Waals surface area contributed by atoms with Crippen LogP contribution in [0.2, 0.25) is 0 Å². The van der Waals surface area contributed by atoms with Crippen LogP contribution in [0.15, 0.2) is 40.2 Å². The number of aryl methyl sites for hydroxylation is 1. The predicted octanol–water partition coefficient (Wildman–Crippen LogP) is 4.66. The van der Waals surface area contributed by atoms with Crippen LogP contribution in [0.5, 0.6) is 0 Å². The van der Waals surface area contributed by atoms with Crippen LogP contribution in [0.1, 0.15) is 42.5 Å². The Bertz CT molecular complexity index is 857. The zero-order valence-electron chi connectivity index (χ0n) is 14.1. The molecular formula is C18H19N3O2S. The molecule has 124 valence electrons. The minimum atomic E-state index is -0.161. The van der Waals surface area contributed by atoms with Gasteiger partial charge >= 0.3 is 0 Å². The molecule has 6 heteroatoms. The Morgan fingerprint density at radius 3 is 2.46 bits per heavy atom. The van der Waals surface area contributed by atoms with Gasteiger partial charge in [-0.25, -0.2) is 0 Å². The minimum Gasteiger partial charge on any atom is -0.333 e. The number of hydrogen-bond donors (Lipinski definition) is 1. The van der Waals surface area contributed by atoms with Crippen LogP contribution < -0.4 is 5.32 Å². The van der Waals surface area contributed by atoms with Gasteiger partial charge in [0.25, 0.3) is 11.8 Å². The molecule has 0 fully saturated rings. The summed E-state index contributed by atoms with van der Waals surface area (Å²) in [5, 5.41) is 8.59. The Morgan fingerprint density at radius 2 is 1.88 bits per heavy atom. The van der Waals surface area contributed by atoms with Gasteiger partial charge in [0.2, 0.25) is 0 Å². The Balaban J connectivity index is 1.80. The summed E-state index contributed by atoms with van der Waals surface area (Å²) in [5.74, 6) is 0.820. The van der Waals surface area contributed by atoms with E-state index in [0.29, 0.717) is 23.0 Å². The van der Waals surface area contributed by atoms with E-state index in [9.17, 15) is 4.79 Å². The molecule has 1 amide bonds. The van der Waals surface area contributed by atoms with Crippen LogP contribution in [-0.2, 0) is 5.41 Å². The molecule has 2 aromatic heterocycles. The molecule has 0 aliphatic heterocycles. The van der Waals surface area contributed by atoms with Gasteiger partial charge in [0, 0.05) is 5.56 Å². The van der Waals surface area contributed by atoms with Crippen LogP contribution in [0.4, 0.5) is 5.69 Å². The third-order valence-electron chi connectivity index (χ3n) is 3.65. The molecule has 0 atom stereocenters. The summed E-state index contributed by atoms with van der Waals surface area (Å²) in [5.41, 5.74) is 2.54. The van der Waals surface area contributed by atoms with Crippen molar-refractivity contribution in [2.45, 2.75) is 33.1 Å². The van der Waals surface area contributed by atoms with Crippen molar-refractivity contribution in [3.63, 3.8) is 0 Å². The van der Waals surface area contributed by atoms with Crippen molar-refractivity contribution >= 4 is 22.9 Å². The molecule has 0 spiro atoms. The van der Waals surface area contributed by atoms with Crippen molar-refractivity contribution in [3.05, 3.63) is 52.7 Å². The van der Waals surface area contributed by atoms with Crippen LogP contribution in [0.25, 0.3) is 10.8 Å². The van der Waals surface area contributed by atoms with Gasteiger partial charge in [0.1, 0.15) is 4.88 Å². The lowest BCUT2D eigenvalue weighted by Gasteiger charge is -2.19. The van der Waals surface area contributed by atoms with Gasteiger partial charge in [-0.1, -0.05) is 38.1 Å². The van der Waals surface area contributed by atoms with E-state index in [4.69, 9.17) is 4.52 Å². The standard InChI is InChI=1S/C18H19N3O2S/c1-11-19-17(23-21-11)15-14(9-10-24-15)20-16(22)12-5-7-13(8-6-12)18(2,3)4/h5-10H,1-4H3,(H,20,22). The molecule has 0 aliphatic carbocycles. The van der Waals surface area contributed by atoms with Crippen LogP contribution >= 0.6 is 11.3 Å². The molecule has 0 unspecified atom stereocenters. The Morgan fingerprint density at radius 1 is 1.17 bits per heavy atom. The van der Waals surface area contributed by atoms with E-state index in [-0.39, 0.29) is 11.3 Å². The summed E-state index contributed by atoms with van der Waals surface area (Å²) in [4.78, 5) is 17.5. The number of amides is 1. The SMILES string of the molecule is Cc1noc(-c2sccc2NC(=O)c2ccc(C(C)(C)C)cc2)n1. The Labute approximate surface area is 144 Å². The normalized spacial score (nSPS) is 11.5. The lowest BCUT2D eigenvalue weighted by Crippen LogP contribution is -2.14. The number of carbonyl (C=O) groups excluding carboxylic acids is 1. The molecule has 5 nitrogen and oxygen atoms in total. The maximum Gasteiger partial charge on any atom is 0.270 e. The number of nitrogens with zero attached hydrogens (tertiary/aromatic N) is 2. The molecule has 1 N–H and O–H groups in total. The number of anilines is 1. The van der Waals surface area contributed by atoms with E-state index in [2.05, 4.69) is 36.2 Å². The highest BCUT2D eigenvalue weighted by Gasteiger charge is 2.17. The summed E-state index contributed by atoms with van der Waals surface area (Å²) in [7, 11) is 0. The minimum absolute atomic E-state index is 0.0609. The molecule has 0 bridgehead atoms. The average molecular weight is 341 g/mol. The first-order chi connectivity index (χ1) is 11.3. The van der Waals surface area contributed by atoms with Crippen molar-refractivity contribution in [1.82, 2.24) is 10.1 Å².